The van der Waals surface area contributed by atoms with Crippen LogP contribution in [0.2, 0.25) is 0 Å². The van der Waals surface area contributed by atoms with E-state index in [0.29, 0.717) is 5.56 Å². The molecule has 0 aliphatic carbocycles. The number of aliphatic carboxylic acids is 1. The number of hydroxylamine groups is 2. The summed E-state index contributed by atoms with van der Waals surface area (Å²) >= 11 is 0. The standard InChI is InChI=1S/C11H13NO5/c1-8(13)12(17)11(16,10(14)15)7-9-5-3-2-4-6-9/h2-6,16-17H,7H2,1H3,(H,14,15)/t11-/m1/s1. The van der Waals surface area contributed by atoms with Gasteiger partial charge >= 0.3 is 5.97 Å². The lowest BCUT2D eigenvalue weighted by Crippen LogP contribution is -2.56. The van der Waals surface area contributed by atoms with Gasteiger partial charge in [-0.25, -0.2) is 4.79 Å². The highest BCUT2D eigenvalue weighted by molar-refractivity contribution is 5.83. The van der Waals surface area contributed by atoms with Gasteiger partial charge in [0.05, 0.1) is 0 Å². The predicted octanol–water partition coefficient (Wildman–Crippen LogP) is 0.240. The molecule has 6 nitrogen and oxygen atoms in total. The monoisotopic (exact) mass is 239 g/mol. The molecule has 0 fully saturated rings. The Hall–Kier alpha value is -1.92. The molecule has 3 N–H and O–H groups in total. The van der Waals surface area contributed by atoms with Crippen LogP contribution in [-0.2, 0) is 16.0 Å². The summed E-state index contributed by atoms with van der Waals surface area (Å²) in [5, 5.41) is 27.9. The molecule has 0 bridgehead atoms. The average Bonchev–Trinajstić information content (AvgIpc) is 2.28. The van der Waals surface area contributed by atoms with Crippen molar-refractivity contribution in [2.45, 2.75) is 19.1 Å². The molecule has 1 atom stereocenters. The van der Waals surface area contributed by atoms with Crippen LogP contribution >= 0.6 is 0 Å². The van der Waals surface area contributed by atoms with Gasteiger partial charge in [-0.05, 0) is 5.56 Å². The number of carbonyl (C=O) groups is 2. The van der Waals surface area contributed by atoms with Crippen LogP contribution in [0.4, 0.5) is 0 Å². The summed E-state index contributed by atoms with van der Waals surface area (Å²) in [5.74, 6) is -2.65. The van der Waals surface area contributed by atoms with Crippen molar-refractivity contribution in [1.29, 1.82) is 0 Å². The average molecular weight is 239 g/mol. The Morgan fingerprint density at radius 3 is 2.24 bits per heavy atom. The van der Waals surface area contributed by atoms with Gasteiger partial charge in [-0.1, -0.05) is 30.3 Å². The topological polar surface area (TPSA) is 98.1 Å². The smallest absolute Gasteiger partial charge is 0.360 e. The van der Waals surface area contributed by atoms with Gasteiger partial charge in [-0.3, -0.25) is 10.0 Å². The first-order valence-corrected chi connectivity index (χ1v) is 4.87. The second-order valence-corrected chi connectivity index (χ2v) is 3.61. The van der Waals surface area contributed by atoms with Crippen LogP contribution in [-0.4, -0.2) is 38.1 Å². The molecule has 6 heteroatoms. The zero-order valence-electron chi connectivity index (χ0n) is 9.20. The van der Waals surface area contributed by atoms with Crippen molar-refractivity contribution >= 4 is 11.9 Å². The Labute approximate surface area is 97.7 Å². The largest absolute Gasteiger partial charge is 0.478 e. The van der Waals surface area contributed by atoms with E-state index >= 15 is 0 Å². The first-order valence-electron chi connectivity index (χ1n) is 4.87. The number of benzene rings is 1. The highest BCUT2D eigenvalue weighted by Gasteiger charge is 2.44. The van der Waals surface area contributed by atoms with E-state index in [1.807, 2.05) is 0 Å². The fraction of sp³-hybridized carbons (Fsp3) is 0.273. The minimum Gasteiger partial charge on any atom is -0.478 e. The van der Waals surface area contributed by atoms with Crippen molar-refractivity contribution in [1.82, 2.24) is 5.06 Å². The van der Waals surface area contributed by atoms with Crippen molar-refractivity contribution in [3.63, 3.8) is 0 Å². The van der Waals surface area contributed by atoms with Crippen LogP contribution in [0.15, 0.2) is 30.3 Å². The number of aliphatic hydroxyl groups is 1. The molecule has 0 aliphatic heterocycles. The predicted molar refractivity (Wildman–Crippen MR) is 57.0 cm³/mol. The molecule has 1 amide bonds. The van der Waals surface area contributed by atoms with E-state index < -0.39 is 24.0 Å². The SMILES string of the molecule is CC(=O)N(O)[C@@](O)(Cc1ccccc1)C(=O)O. The van der Waals surface area contributed by atoms with Gasteiger partial charge in [0, 0.05) is 13.3 Å². The third kappa shape index (κ3) is 2.80. The summed E-state index contributed by atoms with van der Waals surface area (Å²) in [7, 11) is 0. The second kappa shape index (κ2) is 4.94. The van der Waals surface area contributed by atoms with Crippen LogP contribution < -0.4 is 0 Å². The fourth-order valence-electron chi connectivity index (χ4n) is 1.38. The first-order chi connectivity index (χ1) is 7.88. The summed E-state index contributed by atoms with van der Waals surface area (Å²) in [6.07, 6.45) is -0.404. The van der Waals surface area contributed by atoms with E-state index in [2.05, 4.69) is 0 Å². The van der Waals surface area contributed by atoms with E-state index in [-0.39, 0.29) is 5.06 Å². The van der Waals surface area contributed by atoms with Crippen LogP contribution in [0, 0.1) is 0 Å². The van der Waals surface area contributed by atoms with E-state index in [1.54, 1.807) is 30.3 Å². The van der Waals surface area contributed by atoms with Gasteiger partial charge in [0.1, 0.15) is 0 Å². The third-order valence-corrected chi connectivity index (χ3v) is 2.28. The van der Waals surface area contributed by atoms with Crippen LogP contribution in [0.25, 0.3) is 0 Å². The van der Waals surface area contributed by atoms with E-state index in [9.17, 15) is 19.9 Å². The summed E-state index contributed by atoms with van der Waals surface area (Å²) in [6, 6.07) is 8.22. The Balaban J connectivity index is 3.02. The van der Waals surface area contributed by atoms with Gasteiger partial charge in [0.25, 0.3) is 5.72 Å². The van der Waals surface area contributed by atoms with E-state index in [1.165, 1.54) is 0 Å². The summed E-state index contributed by atoms with van der Waals surface area (Å²) in [5.41, 5.74) is -2.18. The highest BCUT2D eigenvalue weighted by atomic mass is 16.6. The van der Waals surface area contributed by atoms with Gasteiger partial charge < -0.3 is 10.2 Å². The van der Waals surface area contributed by atoms with E-state index in [0.717, 1.165) is 6.92 Å². The van der Waals surface area contributed by atoms with Gasteiger partial charge in [0.15, 0.2) is 0 Å². The molecule has 0 saturated carbocycles. The Bertz CT molecular complexity index is 419. The molecule has 17 heavy (non-hydrogen) atoms. The number of amides is 1. The van der Waals surface area contributed by atoms with Gasteiger partial charge in [-0.15, -0.1) is 0 Å². The summed E-state index contributed by atoms with van der Waals surface area (Å²) < 4.78 is 0. The molecule has 0 aromatic heterocycles. The normalized spacial score (nSPS) is 13.8. The van der Waals surface area contributed by atoms with Crippen LogP contribution in [0.3, 0.4) is 0 Å². The Kier molecular flexibility index (Phi) is 3.82. The fourth-order valence-corrected chi connectivity index (χ4v) is 1.38. The molecule has 0 unspecified atom stereocenters. The zero-order valence-corrected chi connectivity index (χ0v) is 9.20. The Morgan fingerprint density at radius 2 is 1.82 bits per heavy atom. The lowest BCUT2D eigenvalue weighted by Gasteiger charge is -2.30. The number of hydrogen-bond acceptors (Lipinski definition) is 4. The summed E-state index contributed by atoms with van der Waals surface area (Å²) in [6.45, 7) is 0.957. The molecular weight excluding hydrogens is 226 g/mol. The third-order valence-electron chi connectivity index (χ3n) is 2.28. The molecule has 0 aliphatic rings. The maximum absolute atomic E-state index is 11.0. The van der Waals surface area contributed by atoms with Crippen molar-refractivity contribution in [2.75, 3.05) is 0 Å². The molecule has 1 aromatic carbocycles. The van der Waals surface area contributed by atoms with E-state index in [4.69, 9.17) is 5.11 Å². The molecule has 1 rings (SSSR count). The zero-order chi connectivity index (χ0) is 13.1. The second-order valence-electron chi connectivity index (χ2n) is 3.61. The number of carboxylic acids is 1. The van der Waals surface area contributed by atoms with Gasteiger partial charge in [0.2, 0.25) is 5.91 Å². The quantitative estimate of drug-likeness (QED) is 0.397. The maximum atomic E-state index is 11.0. The number of carbonyl (C=O) groups excluding carboxylic acids is 1. The lowest BCUT2D eigenvalue weighted by atomic mass is 10.0. The molecule has 0 radical (unpaired) electrons. The first kappa shape index (κ1) is 13.1. The van der Waals surface area contributed by atoms with Crippen molar-refractivity contribution < 1.29 is 25.0 Å². The van der Waals surface area contributed by atoms with Crippen LogP contribution in [0.5, 0.6) is 0 Å². The molecule has 0 heterocycles. The molecule has 92 valence electrons. The minimum absolute atomic E-state index is 0.178. The molecule has 0 saturated heterocycles. The summed E-state index contributed by atoms with van der Waals surface area (Å²) in [4.78, 5) is 21.9. The minimum atomic E-state index is -2.66. The maximum Gasteiger partial charge on any atom is 0.360 e. The highest BCUT2D eigenvalue weighted by Crippen LogP contribution is 2.17. The van der Waals surface area contributed by atoms with Gasteiger partial charge in [-0.2, -0.15) is 5.06 Å². The lowest BCUT2D eigenvalue weighted by molar-refractivity contribution is -0.252. The van der Waals surface area contributed by atoms with Crippen molar-refractivity contribution in [2.24, 2.45) is 0 Å². The number of nitrogens with zero attached hydrogens (tertiary/aromatic N) is 1. The molecular formula is C11H13NO5. The Morgan fingerprint density at radius 1 is 1.29 bits per heavy atom. The number of hydrogen-bond donors (Lipinski definition) is 3. The van der Waals surface area contributed by atoms with Crippen molar-refractivity contribution in [3.8, 4) is 0 Å². The molecule has 1 aromatic rings. The number of rotatable bonds is 4. The molecule has 0 spiro atoms. The van der Waals surface area contributed by atoms with Crippen molar-refractivity contribution in [3.05, 3.63) is 35.9 Å². The number of carboxylic acid groups (broad SMARTS) is 1. The van der Waals surface area contributed by atoms with Crippen LogP contribution in [0.1, 0.15) is 12.5 Å².